The summed E-state index contributed by atoms with van der Waals surface area (Å²) in [7, 11) is 1.78. The molecule has 32 heavy (non-hydrogen) atoms. The van der Waals surface area contributed by atoms with E-state index in [1.54, 1.807) is 25.2 Å². The molecule has 168 valence electrons. The van der Waals surface area contributed by atoms with Crippen LogP contribution in [0.25, 0.3) is 0 Å². The first-order chi connectivity index (χ1) is 15.3. The van der Waals surface area contributed by atoms with Crippen molar-refractivity contribution >= 4 is 0 Å². The van der Waals surface area contributed by atoms with Crippen molar-refractivity contribution in [2.24, 2.45) is 0 Å². The maximum atomic E-state index is 14.7. The molecule has 0 bridgehead atoms. The highest BCUT2D eigenvalue weighted by molar-refractivity contribution is 5.29. The van der Waals surface area contributed by atoms with E-state index in [-0.39, 0.29) is 17.9 Å². The molecule has 2 nitrogen and oxygen atoms in total. The lowest BCUT2D eigenvalue weighted by atomic mass is 9.95. The van der Waals surface area contributed by atoms with Crippen LogP contribution in [0.4, 0.5) is 17.6 Å². The van der Waals surface area contributed by atoms with E-state index in [0.717, 1.165) is 29.0 Å². The molecule has 2 atom stereocenters. The van der Waals surface area contributed by atoms with Crippen molar-refractivity contribution in [2.75, 3.05) is 7.05 Å². The Morgan fingerprint density at radius 2 is 1.53 bits per heavy atom. The number of hydrogen-bond donors (Lipinski definition) is 2. The summed E-state index contributed by atoms with van der Waals surface area (Å²) in [6.07, 6.45) is -3.39. The highest BCUT2D eigenvalue weighted by atomic mass is 19.4. The van der Waals surface area contributed by atoms with Crippen molar-refractivity contribution in [3.8, 4) is 0 Å². The van der Waals surface area contributed by atoms with Gasteiger partial charge in [-0.1, -0.05) is 67.2 Å². The largest absolute Gasteiger partial charge is 0.416 e. The van der Waals surface area contributed by atoms with Crippen LogP contribution in [0.1, 0.15) is 40.8 Å². The fourth-order valence-electron chi connectivity index (χ4n) is 3.65. The lowest BCUT2D eigenvalue weighted by Gasteiger charge is -2.28. The Morgan fingerprint density at radius 1 is 0.906 bits per heavy atom. The highest BCUT2D eigenvalue weighted by Crippen LogP contribution is 2.31. The summed E-state index contributed by atoms with van der Waals surface area (Å²) in [5.41, 5.74) is 2.28. The Bertz CT molecular complexity index is 1010. The quantitative estimate of drug-likeness (QED) is 0.366. The monoisotopic (exact) mass is 442 g/mol. The van der Waals surface area contributed by atoms with E-state index < -0.39 is 11.7 Å². The minimum absolute atomic E-state index is 0.279. The maximum absolute atomic E-state index is 14.7. The minimum atomic E-state index is -4.37. The van der Waals surface area contributed by atoms with Gasteiger partial charge in [-0.15, -0.1) is 0 Å². The summed E-state index contributed by atoms with van der Waals surface area (Å²) in [6.45, 7) is 4.10. The Labute approximate surface area is 186 Å². The van der Waals surface area contributed by atoms with E-state index in [2.05, 4.69) is 17.2 Å². The van der Waals surface area contributed by atoms with Crippen LogP contribution in [0.5, 0.6) is 0 Å². The van der Waals surface area contributed by atoms with Crippen LogP contribution in [0, 0.1) is 5.82 Å². The van der Waals surface area contributed by atoms with Gasteiger partial charge in [0.05, 0.1) is 11.6 Å². The molecular formula is C26H26F4N2. The molecule has 3 aromatic carbocycles. The molecule has 3 rings (SSSR count). The Morgan fingerprint density at radius 3 is 2.12 bits per heavy atom. The third-order valence-electron chi connectivity index (χ3n) is 5.45. The Balaban J connectivity index is 1.85. The molecular weight excluding hydrogens is 416 g/mol. The van der Waals surface area contributed by atoms with Gasteiger partial charge in [-0.3, -0.25) is 5.32 Å². The summed E-state index contributed by atoms with van der Waals surface area (Å²) in [5.74, 6) is -0.334. The normalized spacial score (nSPS) is 13.4. The van der Waals surface area contributed by atoms with Crippen LogP contribution in [0.15, 0.2) is 91.1 Å². The van der Waals surface area contributed by atoms with Gasteiger partial charge in [0.2, 0.25) is 0 Å². The van der Waals surface area contributed by atoms with Crippen LogP contribution in [-0.4, -0.2) is 7.05 Å². The molecule has 0 aliphatic carbocycles. The van der Waals surface area contributed by atoms with Gasteiger partial charge in [0.1, 0.15) is 5.82 Å². The van der Waals surface area contributed by atoms with Crippen molar-refractivity contribution < 1.29 is 17.6 Å². The van der Waals surface area contributed by atoms with E-state index in [4.69, 9.17) is 0 Å². The molecule has 0 spiro atoms. The fraction of sp³-hybridized carbons (Fsp3) is 0.231. The zero-order valence-electron chi connectivity index (χ0n) is 17.8. The third-order valence-corrected chi connectivity index (χ3v) is 5.45. The molecule has 0 saturated carbocycles. The van der Waals surface area contributed by atoms with Crippen molar-refractivity contribution in [3.05, 3.63) is 119 Å². The summed E-state index contributed by atoms with van der Waals surface area (Å²) >= 11 is 0. The van der Waals surface area contributed by atoms with E-state index in [0.29, 0.717) is 18.4 Å². The Hall–Kier alpha value is -3.12. The molecule has 0 aliphatic heterocycles. The molecule has 0 amide bonds. The molecule has 0 radical (unpaired) electrons. The number of alkyl halides is 3. The molecule has 0 aromatic heterocycles. The van der Waals surface area contributed by atoms with Gasteiger partial charge in [-0.25, -0.2) is 4.39 Å². The molecule has 3 aromatic rings. The number of halogens is 4. The standard InChI is InChI=1S/C26H26F4N2/c1-18(31-2)25(20-8-4-3-5-9-20)32-24(22-10-6-7-11-23(22)27)17-14-19-12-15-21(16-13-19)26(28,29)30/h3-13,15-16,24-25,31-32H,1,14,17H2,2H3/t24-,25+/m1/s1. The second-order valence-electron chi connectivity index (χ2n) is 7.59. The zero-order valence-corrected chi connectivity index (χ0v) is 17.8. The molecule has 0 unspecified atom stereocenters. The summed E-state index contributed by atoms with van der Waals surface area (Å²) in [4.78, 5) is 0. The average molecular weight is 443 g/mol. The zero-order chi connectivity index (χ0) is 23.1. The van der Waals surface area contributed by atoms with Gasteiger partial charge in [0, 0.05) is 24.4 Å². The summed E-state index contributed by atoms with van der Waals surface area (Å²) in [5, 5.41) is 6.57. The van der Waals surface area contributed by atoms with Gasteiger partial charge < -0.3 is 5.32 Å². The number of hydrogen-bond acceptors (Lipinski definition) is 2. The van der Waals surface area contributed by atoms with Gasteiger partial charge >= 0.3 is 6.18 Å². The first-order valence-electron chi connectivity index (χ1n) is 10.4. The molecule has 0 saturated heterocycles. The maximum Gasteiger partial charge on any atom is 0.416 e. The minimum Gasteiger partial charge on any atom is -0.390 e. The second kappa shape index (κ2) is 10.5. The second-order valence-corrected chi connectivity index (χ2v) is 7.59. The Kier molecular flexibility index (Phi) is 7.70. The fourth-order valence-corrected chi connectivity index (χ4v) is 3.65. The molecule has 6 heteroatoms. The van der Waals surface area contributed by atoms with Crippen LogP contribution in [0.3, 0.4) is 0 Å². The molecule has 0 fully saturated rings. The lowest BCUT2D eigenvalue weighted by molar-refractivity contribution is -0.137. The van der Waals surface area contributed by atoms with Crippen LogP contribution < -0.4 is 10.6 Å². The van der Waals surface area contributed by atoms with Crippen molar-refractivity contribution in [2.45, 2.75) is 31.1 Å². The van der Waals surface area contributed by atoms with E-state index in [9.17, 15) is 17.6 Å². The van der Waals surface area contributed by atoms with Gasteiger partial charge in [-0.05, 0) is 42.2 Å². The van der Waals surface area contributed by atoms with Gasteiger partial charge in [0.15, 0.2) is 0 Å². The van der Waals surface area contributed by atoms with Crippen LogP contribution >= 0.6 is 0 Å². The summed E-state index contributed by atoms with van der Waals surface area (Å²) < 4.78 is 53.2. The number of nitrogens with one attached hydrogen (secondary N) is 2. The average Bonchev–Trinajstić information content (AvgIpc) is 2.79. The van der Waals surface area contributed by atoms with Crippen molar-refractivity contribution in [1.82, 2.24) is 10.6 Å². The summed E-state index contributed by atoms with van der Waals surface area (Å²) in [6, 6.07) is 20.7. The van der Waals surface area contributed by atoms with Gasteiger partial charge in [-0.2, -0.15) is 13.2 Å². The first kappa shape index (κ1) is 23.5. The number of aryl methyl sites for hydroxylation is 1. The number of benzene rings is 3. The predicted molar refractivity (Wildman–Crippen MR) is 119 cm³/mol. The van der Waals surface area contributed by atoms with Crippen molar-refractivity contribution in [1.29, 1.82) is 0 Å². The van der Waals surface area contributed by atoms with Crippen molar-refractivity contribution in [3.63, 3.8) is 0 Å². The van der Waals surface area contributed by atoms with E-state index >= 15 is 0 Å². The molecule has 0 aliphatic rings. The highest BCUT2D eigenvalue weighted by Gasteiger charge is 2.30. The predicted octanol–water partition coefficient (Wildman–Crippen LogP) is 6.58. The van der Waals surface area contributed by atoms with Gasteiger partial charge in [0.25, 0.3) is 0 Å². The lowest BCUT2D eigenvalue weighted by Crippen LogP contribution is -2.32. The van der Waals surface area contributed by atoms with Crippen LogP contribution in [0.2, 0.25) is 0 Å². The number of rotatable bonds is 9. The first-order valence-corrected chi connectivity index (χ1v) is 10.4. The van der Waals surface area contributed by atoms with E-state index in [1.165, 1.54) is 18.2 Å². The molecule has 2 N–H and O–H groups in total. The van der Waals surface area contributed by atoms with Crippen LogP contribution in [-0.2, 0) is 12.6 Å². The van der Waals surface area contributed by atoms with E-state index in [1.807, 2.05) is 30.3 Å². The number of likely N-dealkylation sites (N-methyl/N-ethyl adjacent to an activating group) is 1. The molecule has 0 heterocycles. The smallest absolute Gasteiger partial charge is 0.390 e. The topological polar surface area (TPSA) is 24.1 Å². The third kappa shape index (κ3) is 5.98. The SMILES string of the molecule is C=C(NC)[C@H](N[C@H](CCc1ccc(C(F)(F)F)cc1)c1ccccc1F)c1ccccc1.